The molecule has 2 heterocycles. The third-order valence-electron chi connectivity index (χ3n) is 3.82. The number of aromatic nitrogens is 1. The first-order valence-electron chi connectivity index (χ1n) is 7.23. The van der Waals surface area contributed by atoms with Gasteiger partial charge in [0.05, 0.1) is 5.69 Å². The lowest BCUT2D eigenvalue weighted by Gasteiger charge is -2.21. The number of likely N-dealkylation sites (tertiary alicyclic amines) is 1. The second kappa shape index (κ2) is 5.90. The molecule has 1 N–H and O–H groups in total. The van der Waals surface area contributed by atoms with E-state index in [-0.39, 0.29) is 6.03 Å². The summed E-state index contributed by atoms with van der Waals surface area (Å²) in [6.07, 6.45) is 8.23. The van der Waals surface area contributed by atoms with Gasteiger partial charge in [-0.3, -0.25) is 4.98 Å². The van der Waals surface area contributed by atoms with Gasteiger partial charge in [0.1, 0.15) is 0 Å². The molecule has 2 aromatic rings. The van der Waals surface area contributed by atoms with E-state index in [4.69, 9.17) is 0 Å². The molecule has 4 heteroatoms. The third kappa shape index (κ3) is 2.74. The molecule has 0 aliphatic carbocycles. The van der Waals surface area contributed by atoms with Crippen LogP contribution in [0, 0.1) is 0 Å². The average Bonchev–Trinajstić information content (AvgIpc) is 2.77. The number of nitrogens with zero attached hydrogens (tertiary/aromatic N) is 2. The Hall–Kier alpha value is -2.10. The molecule has 1 aromatic heterocycles. The van der Waals surface area contributed by atoms with E-state index >= 15 is 0 Å². The molecule has 1 aromatic carbocycles. The summed E-state index contributed by atoms with van der Waals surface area (Å²) in [6.45, 7) is 1.72. The highest BCUT2D eigenvalue weighted by molar-refractivity contribution is 6.01. The SMILES string of the molecule is O=C(Nc1cccc2cnccc12)N1CCCCCC1. The molecule has 4 nitrogen and oxygen atoms in total. The fourth-order valence-corrected chi connectivity index (χ4v) is 2.70. The smallest absolute Gasteiger partial charge is 0.321 e. The number of anilines is 1. The summed E-state index contributed by atoms with van der Waals surface area (Å²) in [5.74, 6) is 0. The number of fused-ring (bicyclic) bond motifs is 1. The number of nitrogens with one attached hydrogen (secondary N) is 1. The zero-order chi connectivity index (χ0) is 13.8. The Balaban J connectivity index is 1.80. The van der Waals surface area contributed by atoms with E-state index in [1.165, 1.54) is 12.8 Å². The van der Waals surface area contributed by atoms with E-state index < -0.39 is 0 Å². The van der Waals surface area contributed by atoms with Crippen molar-refractivity contribution in [2.24, 2.45) is 0 Å². The number of pyridine rings is 1. The number of rotatable bonds is 1. The molecule has 3 rings (SSSR count). The van der Waals surface area contributed by atoms with E-state index in [1.807, 2.05) is 35.4 Å². The predicted octanol–water partition coefficient (Wildman–Crippen LogP) is 3.64. The molecule has 20 heavy (non-hydrogen) atoms. The van der Waals surface area contributed by atoms with Crippen LogP contribution in [-0.2, 0) is 0 Å². The zero-order valence-electron chi connectivity index (χ0n) is 11.5. The molecule has 0 radical (unpaired) electrons. The Bertz CT molecular complexity index is 598. The van der Waals surface area contributed by atoms with Crippen LogP contribution in [0.25, 0.3) is 10.8 Å². The highest BCUT2D eigenvalue weighted by Gasteiger charge is 2.16. The summed E-state index contributed by atoms with van der Waals surface area (Å²) in [5, 5.41) is 5.12. The summed E-state index contributed by atoms with van der Waals surface area (Å²) in [5.41, 5.74) is 0.860. The third-order valence-corrected chi connectivity index (χ3v) is 3.82. The Morgan fingerprint density at radius 1 is 1.10 bits per heavy atom. The molecule has 1 fully saturated rings. The van der Waals surface area contributed by atoms with Crippen molar-refractivity contribution < 1.29 is 4.79 Å². The lowest BCUT2D eigenvalue weighted by molar-refractivity contribution is 0.214. The first kappa shape index (κ1) is 12.9. The minimum Gasteiger partial charge on any atom is -0.325 e. The van der Waals surface area contributed by atoms with Crippen molar-refractivity contribution >= 4 is 22.5 Å². The van der Waals surface area contributed by atoms with Gasteiger partial charge in [-0.1, -0.05) is 25.0 Å². The second-order valence-electron chi connectivity index (χ2n) is 5.23. The number of carbonyl (C=O) groups is 1. The molecule has 1 aliphatic rings. The number of urea groups is 1. The zero-order valence-corrected chi connectivity index (χ0v) is 11.5. The highest BCUT2D eigenvalue weighted by Crippen LogP contribution is 2.22. The number of benzene rings is 1. The number of carbonyl (C=O) groups excluding carboxylic acids is 1. The van der Waals surface area contributed by atoms with Gasteiger partial charge >= 0.3 is 6.03 Å². The lowest BCUT2D eigenvalue weighted by atomic mass is 10.1. The number of amides is 2. The van der Waals surface area contributed by atoms with E-state index in [0.717, 1.165) is 42.4 Å². The number of hydrogen-bond donors (Lipinski definition) is 1. The number of hydrogen-bond acceptors (Lipinski definition) is 2. The van der Waals surface area contributed by atoms with Crippen LogP contribution < -0.4 is 5.32 Å². The summed E-state index contributed by atoms with van der Waals surface area (Å²) < 4.78 is 0. The van der Waals surface area contributed by atoms with Crippen molar-refractivity contribution in [3.63, 3.8) is 0 Å². The second-order valence-corrected chi connectivity index (χ2v) is 5.23. The van der Waals surface area contributed by atoms with Crippen LogP contribution in [-0.4, -0.2) is 29.0 Å². The maximum Gasteiger partial charge on any atom is 0.321 e. The van der Waals surface area contributed by atoms with Gasteiger partial charge < -0.3 is 10.2 Å². The molecule has 0 spiro atoms. The first-order chi connectivity index (χ1) is 9.84. The van der Waals surface area contributed by atoms with Crippen LogP contribution in [0.3, 0.4) is 0 Å². The molecule has 1 aliphatic heterocycles. The maximum absolute atomic E-state index is 12.4. The van der Waals surface area contributed by atoms with Crippen molar-refractivity contribution in [2.75, 3.05) is 18.4 Å². The fraction of sp³-hybridized carbons (Fsp3) is 0.375. The van der Waals surface area contributed by atoms with Crippen LogP contribution in [0.15, 0.2) is 36.7 Å². The van der Waals surface area contributed by atoms with Crippen molar-refractivity contribution in [3.05, 3.63) is 36.7 Å². The minimum absolute atomic E-state index is 0.0104. The van der Waals surface area contributed by atoms with E-state index in [9.17, 15) is 4.79 Å². The van der Waals surface area contributed by atoms with Crippen molar-refractivity contribution in [1.29, 1.82) is 0 Å². The van der Waals surface area contributed by atoms with Crippen LogP contribution in [0.5, 0.6) is 0 Å². The summed E-state index contributed by atoms with van der Waals surface area (Å²) in [6, 6.07) is 7.84. The van der Waals surface area contributed by atoms with Gasteiger partial charge in [0.25, 0.3) is 0 Å². The molecule has 0 saturated carbocycles. The van der Waals surface area contributed by atoms with Gasteiger partial charge in [0.15, 0.2) is 0 Å². The maximum atomic E-state index is 12.4. The molecular weight excluding hydrogens is 250 g/mol. The van der Waals surface area contributed by atoms with Gasteiger partial charge in [-0.25, -0.2) is 4.79 Å². The normalized spacial score (nSPS) is 15.9. The molecular formula is C16H19N3O. The predicted molar refractivity (Wildman–Crippen MR) is 80.8 cm³/mol. The summed E-state index contributed by atoms with van der Waals surface area (Å²) >= 11 is 0. The van der Waals surface area contributed by atoms with Gasteiger partial charge in [-0.2, -0.15) is 0 Å². The van der Waals surface area contributed by atoms with Gasteiger partial charge in [-0.15, -0.1) is 0 Å². The van der Waals surface area contributed by atoms with Crippen molar-refractivity contribution in [2.45, 2.75) is 25.7 Å². The van der Waals surface area contributed by atoms with E-state index in [0.29, 0.717) is 0 Å². The minimum atomic E-state index is 0.0104. The first-order valence-corrected chi connectivity index (χ1v) is 7.23. The lowest BCUT2D eigenvalue weighted by Crippen LogP contribution is -2.35. The van der Waals surface area contributed by atoms with Crippen molar-refractivity contribution in [1.82, 2.24) is 9.88 Å². The van der Waals surface area contributed by atoms with E-state index in [2.05, 4.69) is 10.3 Å². The quantitative estimate of drug-likeness (QED) is 0.859. The average molecular weight is 269 g/mol. The van der Waals surface area contributed by atoms with Gasteiger partial charge in [-0.05, 0) is 25.0 Å². The molecule has 1 saturated heterocycles. The van der Waals surface area contributed by atoms with Gasteiger partial charge in [0, 0.05) is 36.3 Å². The molecule has 0 unspecified atom stereocenters. The monoisotopic (exact) mass is 269 g/mol. The molecule has 0 atom stereocenters. The molecule has 0 bridgehead atoms. The Kier molecular flexibility index (Phi) is 3.81. The Morgan fingerprint density at radius 2 is 1.90 bits per heavy atom. The Morgan fingerprint density at radius 3 is 2.70 bits per heavy atom. The highest BCUT2D eigenvalue weighted by atomic mass is 16.2. The van der Waals surface area contributed by atoms with Gasteiger partial charge in [0.2, 0.25) is 0 Å². The molecule has 104 valence electrons. The molecule has 2 amide bonds. The topological polar surface area (TPSA) is 45.2 Å². The standard InChI is InChI=1S/C16H19N3O/c20-16(19-10-3-1-2-4-11-19)18-15-7-5-6-13-12-17-9-8-14(13)15/h5-9,12H,1-4,10-11H2,(H,18,20). The van der Waals surface area contributed by atoms with Crippen LogP contribution in [0.1, 0.15) is 25.7 Å². The summed E-state index contributed by atoms with van der Waals surface area (Å²) in [7, 11) is 0. The van der Waals surface area contributed by atoms with E-state index in [1.54, 1.807) is 6.20 Å². The van der Waals surface area contributed by atoms with Crippen LogP contribution >= 0.6 is 0 Å². The summed E-state index contributed by atoms with van der Waals surface area (Å²) in [4.78, 5) is 18.4. The fourth-order valence-electron chi connectivity index (χ4n) is 2.70. The van der Waals surface area contributed by atoms with Crippen molar-refractivity contribution in [3.8, 4) is 0 Å². The van der Waals surface area contributed by atoms with Crippen LogP contribution in [0.4, 0.5) is 10.5 Å². The Labute approximate surface area is 118 Å². The largest absolute Gasteiger partial charge is 0.325 e. The van der Waals surface area contributed by atoms with Crippen LogP contribution in [0.2, 0.25) is 0 Å².